The lowest BCUT2D eigenvalue weighted by atomic mass is 9.77. The van der Waals surface area contributed by atoms with Gasteiger partial charge in [0.25, 0.3) is 0 Å². The Morgan fingerprint density at radius 2 is 2.11 bits per heavy atom. The van der Waals surface area contributed by atoms with Gasteiger partial charge in [0.2, 0.25) is 5.88 Å². The number of esters is 1. The Hall–Kier alpha value is -1.82. The zero-order valence-electron chi connectivity index (χ0n) is 14.5. The van der Waals surface area contributed by atoms with Crippen molar-refractivity contribution in [1.29, 1.82) is 0 Å². The van der Waals surface area contributed by atoms with Gasteiger partial charge in [-0.2, -0.15) is 26.0 Å². The van der Waals surface area contributed by atoms with Gasteiger partial charge < -0.3 is 13.7 Å². The number of hydrogen-bond acceptors (Lipinski definition) is 8. The van der Waals surface area contributed by atoms with E-state index >= 15 is 0 Å². The molecule has 0 aromatic carbocycles. The Balaban J connectivity index is 2.14. The smallest absolute Gasteiger partial charge is 0.476 e. The fourth-order valence-corrected chi connectivity index (χ4v) is 3.44. The molecule has 0 fully saturated rings. The van der Waals surface area contributed by atoms with Gasteiger partial charge in [-0.1, -0.05) is 0 Å². The van der Waals surface area contributed by atoms with Crippen LogP contribution in [0.25, 0.3) is 0 Å². The number of hydrogen-bond donors (Lipinski definition) is 0. The van der Waals surface area contributed by atoms with Crippen molar-refractivity contribution in [2.24, 2.45) is 5.41 Å². The quantitative estimate of drug-likeness (QED) is 0.373. The average molecular weight is 429 g/mol. The summed E-state index contributed by atoms with van der Waals surface area (Å²) in [5, 5.41) is 0. The minimum Gasteiger partial charge on any atom is -0.476 e. The van der Waals surface area contributed by atoms with Gasteiger partial charge in [0, 0.05) is 17.4 Å². The van der Waals surface area contributed by atoms with Gasteiger partial charge in [0.15, 0.2) is 0 Å². The normalized spacial score (nSPS) is 20.7. The summed E-state index contributed by atoms with van der Waals surface area (Å²) in [4.78, 5) is 13.3. The number of nitrogens with zero attached hydrogens (tertiary/aromatic N) is 1. The molecule has 1 atom stereocenters. The van der Waals surface area contributed by atoms with Crippen molar-refractivity contribution in [2.45, 2.75) is 38.6 Å². The second-order valence-corrected chi connectivity index (χ2v) is 8.47. The minimum absolute atomic E-state index is 0.00810. The van der Waals surface area contributed by atoms with Crippen molar-refractivity contribution in [3.8, 4) is 5.88 Å². The Morgan fingerprint density at radius 1 is 1.41 bits per heavy atom. The van der Waals surface area contributed by atoms with Crippen LogP contribution in [0.1, 0.15) is 31.1 Å². The number of carbonyl (C=O) groups excluding carboxylic acids is 1. The van der Waals surface area contributed by atoms with Gasteiger partial charge in [-0.15, -0.1) is 0 Å². The molecule has 0 amide bonds. The Morgan fingerprint density at radius 3 is 2.59 bits per heavy atom. The average Bonchev–Trinajstić information content (AvgIpc) is 2.99. The van der Waals surface area contributed by atoms with E-state index in [1.165, 1.54) is 11.5 Å². The second-order valence-electron chi connectivity index (χ2n) is 5.92. The highest BCUT2D eigenvalue weighted by Crippen LogP contribution is 2.39. The summed E-state index contributed by atoms with van der Waals surface area (Å²) < 4.78 is 78.4. The molecule has 1 unspecified atom stereocenters. The lowest BCUT2D eigenvalue weighted by molar-refractivity contribution is -0.158. The first kappa shape index (κ1) is 21.5. The molecular weight excluding hydrogens is 411 g/mol. The first-order chi connectivity index (χ1) is 12.5. The third kappa shape index (κ3) is 5.12. The van der Waals surface area contributed by atoms with E-state index in [2.05, 4.69) is 8.56 Å². The molecule has 1 aliphatic carbocycles. The summed E-state index contributed by atoms with van der Waals surface area (Å²) in [7, 11) is -5.74. The zero-order chi connectivity index (χ0) is 20.3. The molecule has 1 aromatic heterocycles. The fraction of sp³-hybridized carbons (Fsp3) is 0.600. The predicted molar refractivity (Wildman–Crippen MR) is 89.4 cm³/mol. The van der Waals surface area contributed by atoms with Crippen LogP contribution in [-0.2, 0) is 23.8 Å². The van der Waals surface area contributed by atoms with Crippen molar-refractivity contribution < 1.29 is 40.0 Å². The van der Waals surface area contributed by atoms with Gasteiger partial charge in [-0.3, -0.25) is 4.79 Å². The Kier molecular flexibility index (Phi) is 6.40. The van der Waals surface area contributed by atoms with E-state index in [1.54, 1.807) is 13.0 Å². The molecule has 0 N–H and O–H groups in total. The molecule has 0 spiro atoms. The molecule has 1 aliphatic rings. The molecule has 7 nitrogen and oxygen atoms in total. The van der Waals surface area contributed by atoms with Crippen molar-refractivity contribution in [2.75, 3.05) is 13.2 Å². The summed E-state index contributed by atoms with van der Waals surface area (Å²) >= 11 is 1.22. The van der Waals surface area contributed by atoms with E-state index in [0.29, 0.717) is 5.88 Å². The summed E-state index contributed by atoms with van der Waals surface area (Å²) in [5.74, 6) is -0.616. The molecule has 0 aliphatic heterocycles. The maximum absolute atomic E-state index is 12.4. The minimum atomic E-state index is -5.74. The molecule has 0 bridgehead atoms. The molecule has 12 heteroatoms. The second kappa shape index (κ2) is 8.05. The summed E-state index contributed by atoms with van der Waals surface area (Å²) in [6.07, 6.45) is 0.888. The van der Waals surface area contributed by atoms with Crippen LogP contribution in [0.15, 0.2) is 17.9 Å². The van der Waals surface area contributed by atoms with E-state index in [4.69, 9.17) is 9.47 Å². The highest BCUT2D eigenvalue weighted by atomic mass is 32.2. The van der Waals surface area contributed by atoms with Crippen LogP contribution in [-0.4, -0.2) is 37.5 Å². The van der Waals surface area contributed by atoms with E-state index in [0.717, 1.165) is 11.0 Å². The first-order valence-corrected chi connectivity index (χ1v) is 10.1. The fourth-order valence-electron chi connectivity index (χ4n) is 2.42. The van der Waals surface area contributed by atoms with Crippen molar-refractivity contribution >= 4 is 27.6 Å². The monoisotopic (exact) mass is 429 g/mol. The van der Waals surface area contributed by atoms with E-state index in [1.807, 2.05) is 6.92 Å². The standard InChI is InChI=1S/C15H18F3NO6S2/c1-3-23-13(20)14(9-24-12-8-10(2)26-19-12)6-4-11(5-7-14)25-27(21,22)15(16,17)18/h4,8H,3,5-7,9H2,1-2H3. The van der Waals surface area contributed by atoms with Gasteiger partial charge in [-0.05, 0) is 44.3 Å². The molecule has 152 valence electrons. The van der Waals surface area contributed by atoms with Gasteiger partial charge in [0.05, 0.1) is 6.61 Å². The molecular formula is C15H18F3NO6S2. The number of halogens is 3. The first-order valence-electron chi connectivity index (χ1n) is 7.92. The van der Waals surface area contributed by atoms with Crippen LogP contribution in [0.4, 0.5) is 13.2 Å². The highest BCUT2D eigenvalue weighted by molar-refractivity contribution is 7.87. The number of alkyl halides is 3. The molecule has 1 aromatic rings. The van der Waals surface area contributed by atoms with E-state index < -0.39 is 27.0 Å². The summed E-state index contributed by atoms with van der Waals surface area (Å²) in [6.45, 7) is 3.47. The number of aryl methyl sites for hydroxylation is 1. The third-order valence-electron chi connectivity index (χ3n) is 3.88. The molecule has 27 heavy (non-hydrogen) atoms. The number of allylic oxidation sites excluding steroid dienone is 2. The largest absolute Gasteiger partial charge is 0.534 e. The zero-order valence-corrected chi connectivity index (χ0v) is 16.2. The van der Waals surface area contributed by atoms with Crippen LogP contribution in [0.3, 0.4) is 0 Å². The van der Waals surface area contributed by atoms with Crippen LogP contribution in [0, 0.1) is 12.3 Å². The lowest BCUT2D eigenvalue weighted by Crippen LogP contribution is -2.40. The maximum atomic E-state index is 12.4. The SMILES string of the molecule is CCOC(=O)C1(COc2cc(C)sn2)CC=C(OS(=O)(=O)C(F)(F)F)CC1. The van der Waals surface area contributed by atoms with Crippen LogP contribution in [0.2, 0.25) is 0 Å². The molecule has 0 saturated heterocycles. The van der Waals surface area contributed by atoms with Gasteiger partial charge in [-0.25, -0.2) is 0 Å². The number of carbonyl (C=O) groups is 1. The number of aromatic nitrogens is 1. The number of ether oxygens (including phenoxy) is 2. The molecule has 2 rings (SSSR count). The molecule has 1 heterocycles. The summed E-state index contributed by atoms with van der Waals surface area (Å²) in [5.41, 5.74) is -6.68. The predicted octanol–water partition coefficient (Wildman–Crippen LogP) is 3.31. The van der Waals surface area contributed by atoms with Crippen LogP contribution < -0.4 is 4.74 Å². The van der Waals surface area contributed by atoms with Crippen LogP contribution in [0.5, 0.6) is 5.88 Å². The number of rotatable bonds is 7. The van der Waals surface area contributed by atoms with E-state index in [9.17, 15) is 26.4 Å². The topological polar surface area (TPSA) is 91.8 Å². The Labute approximate surface area is 158 Å². The lowest BCUT2D eigenvalue weighted by Gasteiger charge is -2.33. The van der Waals surface area contributed by atoms with Crippen molar-refractivity contribution in [1.82, 2.24) is 4.37 Å². The van der Waals surface area contributed by atoms with Gasteiger partial charge in [0.1, 0.15) is 17.8 Å². The molecule has 0 radical (unpaired) electrons. The van der Waals surface area contributed by atoms with Gasteiger partial charge >= 0.3 is 21.6 Å². The molecule has 0 saturated carbocycles. The third-order valence-corrected chi connectivity index (χ3v) is 5.56. The van der Waals surface area contributed by atoms with Crippen LogP contribution >= 0.6 is 11.5 Å². The highest BCUT2D eigenvalue weighted by Gasteiger charge is 2.50. The van der Waals surface area contributed by atoms with Crippen molar-refractivity contribution in [3.05, 3.63) is 22.8 Å². The Bertz CT molecular complexity index is 818. The maximum Gasteiger partial charge on any atom is 0.534 e. The summed E-state index contributed by atoms with van der Waals surface area (Å²) in [6, 6.07) is 1.69. The van der Waals surface area contributed by atoms with Crippen molar-refractivity contribution in [3.63, 3.8) is 0 Å². The van der Waals surface area contributed by atoms with E-state index in [-0.39, 0.29) is 38.2 Å².